The molecule has 3 heteroatoms. The third kappa shape index (κ3) is 4.12. The van der Waals surface area contributed by atoms with Gasteiger partial charge >= 0.3 is 0 Å². The highest BCUT2D eigenvalue weighted by atomic mass is 35.5. The smallest absolute Gasteiger partial charge is 0.0471 e. The highest BCUT2D eigenvalue weighted by molar-refractivity contribution is 6.31. The van der Waals surface area contributed by atoms with E-state index in [9.17, 15) is 0 Å². The molecule has 0 aliphatic heterocycles. The van der Waals surface area contributed by atoms with Gasteiger partial charge in [-0.3, -0.25) is 0 Å². The fourth-order valence-corrected chi connectivity index (χ4v) is 2.55. The molecule has 19 heavy (non-hydrogen) atoms. The predicted octanol–water partition coefficient (Wildman–Crippen LogP) is 4.07. The van der Waals surface area contributed by atoms with Crippen LogP contribution in [0.5, 0.6) is 0 Å². The van der Waals surface area contributed by atoms with Crippen molar-refractivity contribution in [1.82, 2.24) is 5.32 Å². The number of benzene rings is 1. The number of nitrogens with one attached hydrogen (secondary N) is 1. The molecule has 2 nitrogen and oxygen atoms in total. The van der Waals surface area contributed by atoms with Crippen molar-refractivity contribution in [2.24, 2.45) is 5.92 Å². The van der Waals surface area contributed by atoms with Crippen LogP contribution >= 0.6 is 11.6 Å². The number of hydrogen-bond acceptors (Lipinski definition) is 2. The Bertz CT molecular complexity index is 415. The van der Waals surface area contributed by atoms with Gasteiger partial charge in [-0.05, 0) is 30.9 Å². The van der Waals surface area contributed by atoms with Gasteiger partial charge in [-0.1, -0.05) is 37.9 Å². The number of halogens is 1. The normalized spacial score (nSPS) is 16.4. The van der Waals surface area contributed by atoms with E-state index in [2.05, 4.69) is 37.2 Å². The Balaban J connectivity index is 2.10. The molecule has 1 aromatic rings. The van der Waals surface area contributed by atoms with Crippen LogP contribution < -0.4 is 10.2 Å². The third-order valence-corrected chi connectivity index (χ3v) is 4.29. The van der Waals surface area contributed by atoms with Crippen molar-refractivity contribution in [3.05, 3.63) is 28.8 Å². The lowest BCUT2D eigenvalue weighted by Gasteiger charge is -2.26. The first kappa shape index (κ1) is 14.7. The van der Waals surface area contributed by atoms with E-state index >= 15 is 0 Å². The molecule has 1 atom stereocenters. The molecule has 0 radical (unpaired) electrons. The summed E-state index contributed by atoms with van der Waals surface area (Å²) in [5.41, 5.74) is 2.50. The summed E-state index contributed by atoms with van der Waals surface area (Å²) in [6.07, 6.45) is 3.82. The minimum absolute atomic E-state index is 0.702. The Hall–Kier alpha value is -0.730. The summed E-state index contributed by atoms with van der Waals surface area (Å²) < 4.78 is 0. The van der Waals surface area contributed by atoms with Gasteiger partial charge in [-0.15, -0.1) is 0 Å². The molecule has 1 aliphatic carbocycles. The van der Waals surface area contributed by atoms with Crippen LogP contribution in [0.1, 0.15) is 38.7 Å². The molecule has 1 fully saturated rings. The van der Waals surface area contributed by atoms with E-state index in [1.165, 1.54) is 30.5 Å². The van der Waals surface area contributed by atoms with Crippen LogP contribution in [0.15, 0.2) is 18.2 Å². The SMILES string of the molecule is CCC(C)CN(C)c1cccc(Cl)c1CNC1CC1. The fourth-order valence-electron chi connectivity index (χ4n) is 2.31. The second-order valence-electron chi connectivity index (χ2n) is 5.79. The topological polar surface area (TPSA) is 15.3 Å². The highest BCUT2D eigenvalue weighted by Gasteiger charge is 2.21. The van der Waals surface area contributed by atoms with Gasteiger partial charge in [0.25, 0.3) is 0 Å². The molecule has 1 N–H and O–H groups in total. The van der Waals surface area contributed by atoms with Gasteiger partial charge in [-0.2, -0.15) is 0 Å². The molecule has 2 rings (SSSR count). The summed E-state index contributed by atoms with van der Waals surface area (Å²) in [7, 11) is 2.17. The van der Waals surface area contributed by atoms with Gasteiger partial charge in [0.15, 0.2) is 0 Å². The fraction of sp³-hybridized carbons (Fsp3) is 0.625. The maximum absolute atomic E-state index is 6.38. The average molecular weight is 281 g/mol. The van der Waals surface area contributed by atoms with E-state index in [0.717, 1.165) is 18.1 Å². The molecule has 0 heterocycles. The monoisotopic (exact) mass is 280 g/mol. The second-order valence-corrected chi connectivity index (χ2v) is 6.19. The first-order chi connectivity index (χ1) is 9.11. The van der Waals surface area contributed by atoms with Crippen molar-refractivity contribution < 1.29 is 0 Å². The summed E-state index contributed by atoms with van der Waals surface area (Å²) in [5, 5.41) is 4.44. The van der Waals surface area contributed by atoms with Crippen LogP contribution in [0.2, 0.25) is 5.02 Å². The van der Waals surface area contributed by atoms with Crippen LogP contribution in [-0.4, -0.2) is 19.6 Å². The zero-order chi connectivity index (χ0) is 13.8. The number of nitrogens with zero attached hydrogens (tertiary/aromatic N) is 1. The van der Waals surface area contributed by atoms with Crippen molar-refractivity contribution in [2.75, 3.05) is 18.5 Å². The first-order valence-electron chi connectivity index (χ1n) is 7.33. The highest BCUT2D eigenvalue weighted by Crippen LogP contribution is 2.29. The van der Waals surface area contributed by atoms with E-state index in [1.807, 2.05) is 12.1 Å². The molecule has 1 aromatic carbocycles. The molecule has 0 amide bonds. The number of rotatable bonds is 7. The molecule has 0 aromatic heterocycles. The second kappa shape index (κ2) is 6.62. The van der Waals surface area contributed by atoms with E-state index in [1.54, 1.807) is 0 Å². The molecule has 1 aliphatic rings. The minimum atomic E-state index is 0.702. The maximum atomic E-state index is 6.38. The van der Waals surface area contributed by atoms with Gasteiger partial charge in [0, 0.05) is 42.5 Å². The summed E-state index contributed by atoms with van der Waals surface area (Å²) in [5.74, 6) is 0.702. The zero-order valence-electron chi connectivity index (χ0n) is 12.2. The van der Waals surface area contributed by atoms with Crippen molar-refractivity contribution in [1.29, 1.82) is 0 Å². The predicted molar refractivity (Wildman–Crippen MR) is 84.0 cm³/mol. The van der Waals surface area contributed by atoms with Gasteiger partial charge in [0.1, 0.15) is 0 Å². The Morgan fingerprint density at radius 2 is 2.16 bits per heavy atom. The van der Waals surface area contributed by atoms with Crippen LogP contribution in [0.3, 0.4) is 0 Å². The van der Waals surface area contributed by atoms with Gasteiger partial charge in [0.2, 0.25) is 0 Å². The molecular weight excluding hydrogens is 256 g/mol. The van der Waals surface area contributed by atoms with Gasteiger partial charge in [0.05, 0.1) is 0 Å². The van der Waals surface area contributed by atoms with Gasteiger partial charge < -0.3 is 10.2 Å². The molecule has 0 spiro atoms. The Kier molecular flexibility index (Phi) is 5.12. The summed E-state index contributed by atoms with van der Waals surface area (Å²) >= 11 is 6.38. The first-order valence-corrected chi connectivity index (χ1v) is 7.71. The molecule has 1 unspecified atom stereocenters. The number of anilines is 1. The standard InChI is InChI=1S/C16H25ClN2/c1-4-12(2)11-19(3)16-7-5-6-15(17)14(16)10-18-13-8-9-13/h5-7,12-13,18H,4,8-11H2,1-3H3. The van der Waals surface area contributed by atoms with Crippen molar-refractivity contribution in [3.63, 3.8) is 0 Å². The summed E-state index contributed by atoms with van der Waals surface area (Å²) in [4.78, 5) is 2.34. The lowest BCUT2D eigenvalue weighted by molar-refractivity contribution is 0.558. The Morgan fingerprint density at radius 1 is 1.42 bits per heavy atom. The Labute approximate surface area is 122 Å². The largest absolute Gasteiger partial charge is 0.374 e. The van der Waals surface area contributed by atoms with Crippen LogP contribution in [0.25, 0.3) is 0 Å². The van der Waals surface area contributed by atoms with Crippen LogP contribution in [0.4, 0.5) is 5.69 Å². The molecule has 0 saturated heterocycles. The lowest BCUT2D eigenvalue weighted by Crippen LogP contribution is -2.26. The van der Waals surface area contributed by atoms with E-state index in [0.29, 0.717) is 12.0 Å². The lowest BCUT2D eigenvalue weighted by atomic mass is 10.1. The molecule has 0 bridgehead atoms. The van der Waals surface area contributed by atoms with Crippen LogP contribution in [0, 0.1) is 5.92 Å². The third-order valence-electron chi connectivity index (χ3n) is 3.93. The quantitative estimate of drug-likeness (QED) is 0.810. The molecular formula is C16H25ClN2. The average Bonchev–Trinajstić information content (AvgIpc) is 3.20. The number of hydrogen-bond donors (Lipinski definition) is 1. The maximum Gasteiger partial charge on any atom is 0.0471 e. The van der Waals surface area contributed by atoms with Crippen molar-refractivity contribution in [2.45, 2.75) is 45.7 Å². The summed E-state index contributed by atoms with van der Waals surface area (Å²) in [6.45, 7) is 6.49. The van der Waals surface area contributed by atoms with E-state index in [-0.39, 0.29) is 0 Å². The van der Waals surface area contributed by atoms with Crippen molar-refractivity contribution in [3.8, 4) is 0 Å². The van der Waals surface area contributed by atoms with E-state index in [4.69, 9.17) is 11.6 Å². The minimum Gasteiger partial charge on any atom is -0.374 e. The summed E-state index contributed by atoms with van der Waals surface area (Å²) in [6, 6.07) is 6.93. The van der Waals surface area contributed by atoms with Gasteiger partial charge in [-0.25, -0.2) is 0 Å². The van der Waals surface area contributed by atoms with Crippen LogP contribution in [-0.2, 0) is 6.54 Å². The van der Waals surface area contributed by atoms with Crippen molar-refractivity contribution >= 4 is 17.3 Å². The Morgan fingerprint density at radius 3 is 2.79 bits per heavy atom. The van der Waals surface area contributed by atoms with E-state index < -0.39 is 0 Å². The molecule has 1 saturated carbocycles. The zero-order valence-corrected chi connectivity index (χ0v) is 13.0. The molecule has 106 valence electrons.